The maximum atomic E-state index is 12.2. The van der Waals surface area contributed by atoms with Crippen molar-refractivity contribution >= 4 is 39.9 Å². The molecule has 27 heavy (non-hydrogen) atoms. The summed E-state index contributed by atoms with van der Waals surface area (Å²) in [5.74, 6) is -0.259. The minimum Gasteiger partial charge on any atom is -0.289 e. The van der Waals surface area contributed by atoms with Gasteiger partial charge in [-0.1, -0.05) is 6.07 Å². The first kappa shape index (κ1) is 18.7. The number of anilines is 2. The van der Waals surface area contributed by atoms with E-state index in [1.807, 2.05) is 37.4 Å². The number of aryl methyl sites for hydroxylation is 2. The van der Waals surface area contributed by atoms with Crippen LogP contribution < -0.4 is 4.90 Å². The number of thiazole rings is 1. The average molecular weight is 377 g/mol. The lowest BCUT2D eigenvalue weighted by Crippen LogP contribution is -2.22. The second-order valence-corrected chi connectivity index (χ2v) is 6.95. The molecule has 3 rings (SSSR count). The van der Waals surface area contributed by atoms with Crippen LogP contribution in [0.15, 0.2) is 54.2 Å². The third kappa shape index (κ3) is 4.35. The molecule has 0 N–H and O–H groups in total. The van der Waals surface area contributed by atoms with E-state index < -0.39 is 0 Å². The van der Waals surface area contributed by atoms with E-state index >= 15 is 0 Å². The van der Waals surface area contributed by atoms with E-state index in [0.29, 0.717) is 16.4 Å². The number of pyridine rings is 1. The summed E-state index contributed by atoms with van der Waals surface area (Å²) in [6.45, 7) is 5.55. The maximum absolute atomic E-state index is 12.2. The normalized spacial score (nSPS) is 10.9. The highest BCUT2D eigenvalue weighted by atomic mass is 32.1. The number of allylic oxidation sites excluding steroid dienone is 1. The van der Waals surface area contributed by atoms with Crippen LogP contribution in [0, 0.1) is 13.8 Å². The second kappa shape index (κ2) is 8.05. The van der Waals surface area contributed by atoms with Crippen molar-refractivity contribution < 1.29 is 9.59 Å². The molecule has 0 saturated carbocycles. The molecule has 1 aromatic carbocycles. The van der Waals surface area contributed by atoms with Gasteiger partial charge in [-0.05, 0) is 61.4 Å². The maximum Gasteiger partial charge on any atom is 0.230 e. The van der Waals surface area contributed by atoms with Crippen molar-refractivity contribution in [3.05, 3.63) is 76.6 Å². The predicted molar refractivity (Wildman–Crippen MR) is 108 cm³/mol. The Labute approximate surface area is 162 Å². The molecule has 3 aromatic rings. The lowest BCUT2D eigenvalue weighted by Gasteiger charge is -2.19. The molecule has 0 fully saturated rings. The van der Waals surface area contributed by atoms with Crippen LogP contribution in [0.3, 0.4) is 0 Å². The van der Waals surface area contributed by atoms with Crippen molar-refractivity contribution in [2.45, 2.75) is 20.8 Å². The topological polar surface area (TPSA) is 63.2 Å². The summed E-state index contributed by atoms with van der Waals surface area (Å²) in [7, 11) is 0. The van der Waals surface area contributed by atoms with Gasteiger partial charge in [0.2, 0.25) is 5.91 Å². The SMILES string of the molecule is CC(=O)N(c1ccc(C)c(C)c1)c1nc(C=CC(=O)c2cccnc2)cs1. The van der Waals surface area contributed by atoms with Gasteiger partial charge in [0.05, 0.1) is 11.4 Å². The van der Waals surface area contributed by atoms with Crippen molar-refractivity contribution in [1.29, 1.82) is 0 Å². The molecule has 2 heterocycles. The van der Waals surface area contributed by atoms with Crippen molar-refractivity contribution in [2.75, 3.05) is 4.90 Å². The molecule has 0 unspecified atom stereocenters. The monoisotopic (exact) mass is 377 g/mol. The van der Waals surface area contributed by atoms with E-state index in [1.54, 1.807) is 29.3 Å². The lowest BCUT2D eigenvalue weighted by molar-refractivity contribution is -0.115. The first-order valence-corrected chi connectivity index (χ1v) is 9.29. The second-order valence-electron chi connectivity index (χ2n) is 6.12. The zero-order chi connectivity index (χ0) is 19.4. The number of amides is 1. The van der Waals surface area contributed by atoms with Crippen LogP contribution >= 0.6 is 11.3 Å². The van der Waals surface area contributed by atoms with E-state index in [2.05, 4.69) is 9.97 Å². The van der Waals surface area contributed by atoms with Gasteiger partial charge in [-0.2, -0.15) is 0 Å². The van der Waals surface area contributed by atoms with Crippen molar-refractivity contribution in [2.24, 2.45) is 0 Å². The molecular formula is C21H19N3O2S. The van der Waals surface area contributed by atoms with Gasteiger partial charge in [0, 0.05) is 30.3 Å². The van der Waals surface area contributed by atoms with Gasteiger partial charge in [0.1, 0.15) is 0 Å². The van der Waals surface area contributed by atoms with Gasteiger partial charge in [-0.15, -0.1) is 11.3 Å². The first-order valence-electron chi connectivity index (χ1n) is 8.41. The van der Waals surface area contributed by atoms with E-state index in [9.17, 15) is 9.59 Å². The Bertz CT molecular complexity index is 1010. The van der Waals surface area contributed by atoms with E-state index in [0.717, 1.165) is 11.3 Å². The minimum absolute atomic E-state index is 0.116. The molecule has 2 aromatic heterocycles. The molecule has 0 atom stereocenters. The number of nitrogens with zero attached hydrogens (tertiary/aromatic N) is 3. The number of carbonyl (C=O) groups excluding carboxylic acids is 2. The Hall–Kier alpha value is -3.12. The molecule has 0 bridgehead atoms. The van der Waals surface area contributed by atoms with Gasteiger partial charge in [0.15, 0.2) is 10.9 Å². The molecule has 0 radical (unpaired) electrons. The van der Waals surface area contributed by atoms with Crippen LogP contribution in [0.2, 0.25) is 0 Å². The number of rotatable bonds is 5. The van der Waals surface area contributed by atoms with Gasteiger partial charge in [-0.25, -0.2) is 4.98 Å². The fourth-order valence-corrected chi connectivity index (χ4v) is 3.37. The smallest absolute Gasteiger partial charge is 0.230 e. The standard InChI is InChI=1S/C21H19N3O2S/c1-14-6-8-19(11-15(14)2)24(16(3)25)21-23-18(13-27-21)7-9-20(26)17-5-4-10-22-12-17/h4-13H,1-3H3. The summed E-state index contributed by atoms with van der Waals surface area (Å²) in [6, 6.07) is 9.30. The predicted octanol–water partition coefficient (Wildman–Crippen LogP) is 4.74. The molecule has 5 nitrogen and oxygen atoms in total. The Morgan fingerprint density at radius 1 is 1.15 bits per heavy atom. The molecule has 1 amide bonds. The fourth-order valence-electron chi connectivity index (χ4n) is 2.51. The quantitative estimate of drug-likeness (QED) is 0.476. The number of hydrogen-bond acceptors (Lipinski definition) is 5. The van der Waals surface area contributed by atoms with Gasteiger partial charge in [-0.3, -0.25) is 19.5 Å². The van der Waals surface area contributed by atoms with Crippen molar-refractivity contribution in [3.63, 3.8) is 0 Å². The highest BCUT2D eigenvalue weighted by Gasteiger charge is 2.18. The highest BCUT2D eigenvalue weighted by Crippen LogP contribution is 2.30. The summed E-state index contributed by atoms with van der Waals surface area (Å²) in [5.41, 5.74) is 4.20. The number of ketones is 1. The Morgan fingerprint density at radius 3 is 2.63 bits per heavy atom. The highest BCUT2D eigenvalue weighted by molar-refractivity contribution is 7.14. The van der Waals surface area contributed by atoms with E-state index in [-0.39, 0.29) is 11.7 Å². The first-order chi connectivity index (χ1) is 13.0. The Morgan fingerprint density at radius 2 is 1.96 bits per heavy atom. The largest absolute Gasteiger partial charge is 0.289 e. The number of carbonyl (C=O) groups is 2. The van der Waals surface area contributed by atoms with Crippen LogP contribution in [0.1, 0.15) is 34.1 Å². The number of benzene rings is 1. The van der Waals surface area contributed by atoms with E-state index in [1.165, 1.54) is 36.1 Å². The van der Waals surface area contributed by atoms with Crippen LogP contribution in [0.4, 0.5) is 10.8 Å². The van der Waals surface area contributed by atoms with Crippen LogP contribution in [-0.2, 0) is 4.79 Å². The van der Waals surface area contributed by atoms with Gasteiger partial charge < -0.3 is 0 Å². The summed E-state index contributed by atoms with van der Waals surface area (Å²) >= 11 is 1.36. The lowest BCUT2D eigenvalue weighted by atomic mass is 10.1. The fraction of sp³-hybridized carbons (Fsp3) is 0.143. The van der Waals surface area contributed by atoms with Gasteiger partial charge in [0.25, 0.3) is 0 Å². The third-order valence-corrected chi connectivity index (χ3v) is 4.96. The van der Waals surface area contributed by atoms with Crippen LogP contribution in [0.5, 0.6) is 0 Å². The molecular weight excluding hydrogens is 358 g/mol. The third-order valence-electron chi connectivity index (χ3n) is 4.12. The Balaban J connectivity index is 1.84. The molecule has 0 aliphatic heterocycles. The summed E-state index contributed by atoms with van der Waals surface area (Å²) in [5, 5.41) is 2.39. The summed E-state index contributed by atoms with van der Waals surface area (Å²) in [6.07, 6.45) is 6.25. The van der Waals surface area contributed by atoms with Crippen molar-refractivity contribution in [1.82, 2.24) is 9.97 Å². The van der Waals surface area contributed by atoms with E-state index in [4.69, 9.17) is 0 Å². The van der Waals surface area contributed by atoms with Crippen molar-refractivity contribution in [3.8, 4) is 0 Å². The molecule has 0 spiro atoms. The molecule has 6 heteroatoms. The molecule has 0 saturated heterocycles. The Kier molecular flexibility index (Phi) is 5.57. The molecule has 0 aliphatic rings. The minimum atomic E-state index is -0.143. The zero-order valence-corrected chi connectivity index (χ0v) is 16.2. The summed E-state index contributed by atoms with van der Waals surface area (Å²) < 4.78 is 0. The summed E-state index contributed by atoms with van der Waals surface area (Å²) in [4.78, 5) is 34.4. The molecule has 0 aliphatic carbocycles. The number of aromatic nitrogens is 2. The van der Waals surface area contributed by atoms with Crippen LogP contribution in [-0.4, -0.2) is 21.7 Å². The number of hydrogen-bond donors (Lipinski definition) is 0. The van der Waals surface area contributed by atoms with Crippen LogP contribution in [0.25, 0.3) is 6.08 Å². The average Bonchev–Trinajstić information content (AvgIpc) is 3.11. The van der Waals surface area contributed by atoms with Gasteiger partial charge >= 0.3 is 0 Å². The molecule has 136 valence electrons. The zero-order valence-electron chi connectivity index (χ0n) is 15.3.